The summed E-state index contributed by atoms with van der Waals surface area (Å²) in [6.07, 6.45) is -10.2. The molecule has 0 saturated carbocycles. The lowest BCUT2D eigenvalue weighted by Gasteiger charge is -2.19. The van der Waals surface area contributed by atoms with E-state index in [4.69, 9.17) is 0 Å². The fraction of sp³-hybridized carbons (Fsp3) is 0.0408. The highest BCUT2D eigenvalue weighted by molar-refractivity contribution is 6.12. The van der Waals surface area contributed by atoms with Crippen LogP contribution in [0.3, 0.4) is 0 Å². The molecule has 0 radical (unpaired) electrons. The summed E-state index contributed by atoms with van der Waals surface area (Å²) in [5, 5.41) is 52.2. The van der Waals surface area contributed by atoms with Crippen molar-refractivity contribution in [2.45, 2.75) is 12.4 Å². The van der Waals surface area contributed by atoms with Crippen LogP contribution in [0.25, 0.3) is 77.2 Å². The Morgan fingerprint density at radius 1 is 0.371 bits per heavy atom. The Morgan fingerprint density at radius 2 is 0.806 bits per heavy atom. The van der Waals surface area contributed by atoms with E-state index in [0.29, 0.717) is 89.4 Å². The summed E-state index contributed by atoms with van der Waals surface area (Å²) in [6.45, 7) is 0. The SMILES string of the molecule is N#Cc1ccc2c(c1)c1cc(C#N)ccc1n2-c1ccc(C#N)c(-c2cc(-c3cc(C(F)(F)F)cc(C(F)(F)F)c3)ccc2-n2c3ccc(C#N)cc3c3cc(C#N)ccc32)c1. The lowest BCUT2D eigenvalue weighted by Crippen LogP contribution is -2.11. The predicted molar refractivity (Wildman–Crippen MR) is 220 cm³/mol. The van der Waals surface area contributed by atoms with Gasteiger partial charge in [0.15, 0.2) is 0 Å². The maximum Gasteiger partial charge on any atom is 0.416 e. The fourth-order valence-electron chi connectivity index (χ4n) is 8.10. The molecular formula is C49H21F6N7. The molecule has 0 saturated heterocycles. The highest BCUT2D eigenvalue weighted by atomic mass is 19.4. The van der Waals surface area contributed by atoms with E-state index in [2.05, 4.69) is 30.3 Å². The fourth-order valence-corrected chi connectivity index (χ4v) is 8.10. The molecule has 7 nitrogen and oxygen atoms in total. The largest absolute Gasteiger partial charge is 0.416 e. The molecule has 0 atom stereocenters. The molecule has 0 amide bonds. The zero-order chi connectivity index (χ0) is 43.7. The van der Waals surface area contributed by atoms with Crippen molar-refractivity contribution >= 4 is 43.6 Å². The summed E-state index contributed by atoms with van der Waals surface area (Å²) in [7, 11) is 0. The summed E-state index contributed by atoms with van der Waals surface area (Å²) in [6, 6.07) is 41.5. The van der Waals surface area contributed by atoms with E-state index < -0.39 is 23.5 Å². The van der Waals surface area contributed by atoms with Gasteiger partial charge in [-0.05, 0) is 132 Å². The third-order valence-corrected chi connectivity index (χ3v) is 10.9. The lowest BCUT2D eigenvalue weighted by atomic mass is 9.92. The van der Waals surface area contributed by atoms with Gasteiger partial charge in [0, 0.05) is 38.4 Å². The second-order valence-corrected chi connectivity index (χ2v) is 14.4. The molecule has 0 aliphatic carbocycles. The van der Waals surface area contributed by atoms with Gasteiger partial charge in [0.05, 0.1) is 97.0 Å². The summed E-state index contributed by atoms with van der Waals surface area (Å²) in [5.74, 6) is 0. The van der Waals surface area contributed by atoms with E-state index in [-0.39, 0.29) is 33.9 Å². The monoisotopic (exact) mass is 821 g/mol. The molecule has 0 fully saturated rings. The number of halogens is 6. The van der Waals surface area contributed by atoms with E-state index in [0.717, 1.165) is 0 Å². The number of hydrogen-bond acceptors (Lipinski definition) is 5. The van der Waals surface area contributed by atoms with Crippen LogP contribution >= 0.6 is 0 Å². The van der Waals surface area contributed by atoms with E-state index in [1.54, 1.807) is 102 Å². The molecule has 9 rings (SSSR count). The molecule has 7 aromatic carbocycles. The predicted octanol–water partition coefficient (Wildman–Crippen LogP) is 12.6. The number of rotatable bonds is 4. The smallest absolute Gasteiger partial charge is 0.309 e. The zero-order valence-corrected chi connectivity index (χ0v) is 31.5. The standard InChI is InChI=1S/C49H21F6N7/c50-48(51,52)34-17-33(18-35(20-34)49(53,54)55)31-6-12-47(62-45-10-3-29(24-58)15-40(45)41-16-30(25-59)4-11-46(41)62)42(19-31)37-21-36(7-5-32(37)26-60)61-43-8-1-27(22-56)13-38(43)39-14-28(23-57)2-9-44(39)61/h1-21H. The minimum atomic E-state index is -5.11. The van der Waals surface area contributed by atoms with Crippen LogP contribution in [0, 0.1) is 56.7 Å². The summed E-state index contributed by atoms with van der Waals surface area (Å²) in [5.41, 5.74) is 1.92. The van der Waals surface area contributed by atoms with Gasteiger partial charge in [0.25, 0.3) is 0 Å². The Morgan fingerprint density at radius 3 is 1.21 bits per heavy atom. The van der Waals surface area contributed by atoms with Crippen LogP contribution in [0.4, 0.5) is 26.3 Å². The third-order valence-electron chi connectivity index (χ3n) is 10.9. The molecule has 62 heavy (non-hydrogen) atoms. The van der Waals surface area contributed by atoms with E-state index in [9.17, 15) is 52.7 Å². The van der Waals surface area contributed by atoms with Gasteiger partial charge in [-0.3, -0.25) is 0 Å². The highest BCUT2D eigenvalue weighted by Gasteiger charge is 2.37. The van der Waals surface area contributed by atoms with Crippen LogP contribution in [0.2, 0.25) is 0 Å². The number of hydrogen-bond donors (Lipinski definition) is 0. The van der Waals surface area contributed by atoms with Crippen molar-refractivity contribution in [2.75, 3.05) is 0 Å². The normalized spacial score (nSPS) is 11.6. The van der Waals surface area contributed by atoms with Crippen LogP contribution in [-0.4, -0.2) is 9.13 Å². The average Bonchev–Trinajstić information content (AvgIpc) is 3.78. The van der Waals surface area contributed by atoms with Crippen LogP contribution in [0.1, 0.15) is 38.9 Å². The zero-order valence-electron chi connectivity index (χ0n) is 31.5. The molecule has 0 aliphatic rings. The molecule has 294 valence electrons. The van der Waals surface area contributed by atoms with E-state index in [1.165, 1.54) is 12.1 Å². The average molecular weight is 822 g/mol. The van der Waals surface area contributed by atoms with Crippen molar-refractivity contribution in [1.29, 1.82) is 26.3 Å². The Kier molecular flexibility index (Phi) is 8.84. The number of fused-ring (bicyclic) bond motifs is 6. The summed E-state index contributed by atoms with van der Waals surface area (Å²) < 4.78 is 88.6. The first kappa shape index (κ1) is 38.7. The molecule has 13 heteroatoms. The van der Waals surface area contributed by atoms with Crippen molar-refractivity contribution in [3.8, 4) is 64.0 Å². The number of aromatic nitrogens is 2. The first-order valence-electron chi connectivity index (χ1n) is 18.5. The third kappa shape index (κ3) is 6.28. The molecular weight excluding hydrogens is 801 g/mol. The second kappa shape index (κ2) is 14.2. The maximum absolute atomic E-state index is 14.2. The first-order chi connectivity index (χ1) is 29.7. The maximum atomic E-state index is 14.2. The van der Waals surface area contributed by atoms with Crippen molar-refractivity contribution in [1.82, 2.24) is 9.13 Å². The van der Waals surface area contributed by atoms with Crippen LogP contribution in [0.15, 0.2) is 127 Å². The summed E-state index contributed by atoms with van der Waals surface area (Å²) >= 11 is 0. The van der Waals surface area contributed by atoms with Gasteiger partial charge in [-0.15, -0.1) is 0 Å². The van der Waals surface area contributed by atoms with Crippen molar-refractivity contribution in [2.24, 2.45) is 0 Å². The lowest BCUT2D eigenvalue weighted by molar-refractivity contribution is -0.143. The molecule has 0 aliphatic heterocycles. The molecule has 0 spiro atoms. The van der Waals surface area contributed by atoms with Gasteiger partial charge in [0.1, 0.15) is 0 Å². The Labute approximate surface area is 347 Å². The number of benzene rings is 7. The van der Waals surface area contributed by atoms with E-state index in [1.807, 2.05) is 4.57 Å². The van der Waals surface area contributed by atoms with Gasteiger partial charge >= 0.3 is 12.4 Å². The number of nitriles is 5. The summed E-state index contributed by atoms with van der Waals surface area (Å²) in [4.78, 5) is 0. The Hall–Kier alpha value is -8.83. The number of alkyl halides is 6. The minimum Gasteiger partial charge on any atom is -0.309 e. The first-order valence-corrected chi connectivity index (χ1v) is 18.5. The van der Waals surface area contributed by atoms with Gasteiger partial charge in [0.2, 0.25) is 0 Å². The molecule has 9 aromatic rings. The molecule has 0 bridgehead atoms. The Balaban J connectivity index is 1.39. The van der Waals surface area contributed by atoms with Crippen LogP contribution < -0.4 is 0 Å². The Bertz CT molecular complexity index is 3450. The van der Waals surface area contributed by atoms with Crippen LogP contribution in [0.5, 0.6) is 0 Å². The van der Waals surface area contributed by atoms with Crippen molar-refractivity contribution < 1.29 is 26.3 Å². The molecule has 0 N–H and O–H groups in total. The van der Waals surface area contributed by atoms with Gasteiger partial charge in [-0.25, -0.2) is 0 Å². The molecule has 2 heterocycles. The van der Waals surface area contributed by atoms with Crippen molar-refractivity contribution in [3.63, 3.8) is 0 Å². The van der Waals surface area contributed by atoms with E-state index >= 15 is 0 Å². The quantitative estimate of drug-likeness (QED) is 0.163. The topological polar surface area (TPSA) is 129 Å². The highest BCUT2D eigenvalue weighted by Crippen LogP contribution is 2.44. The van der Waals surface area contributed by atoms with Gasteiger partial charge in [-0.2, -0.15) is 52.7 Å². The van der Waals surface area contributed by atoms with Gasteiger partial charge in [-0.1, -0.05) is 6.07 Å². The minimum absolute atomic E-state index is 0.0149. The van der Waals surface area contributed by atoms with Crippen LogP contribution in [-0.2, 0) is 12.4 Å². The van der Waals surface area contributed by atoms with Crippen molar-refractivity contribution in [3.05, 3.63) is 166 Å². The molecule has 2 aromatic heterocycles. The number of nitrogens with zero attached hydrogens (tertiary/aromatic N) is 7. The second-order valence-electron chi connectivity index (χ2n) is 14.4. The molecule has 0 unspecified atom stereocenters. The van der Waals surface area contributed by atoms with Gasteiger partial charge < -0.3 is 9.13 Å².